The molecular formula is C13H11F2N3O3. The van der Waals surface area contributed by atoms with E-state index in [9.17, 15) is 13.6 Å². The van der Waals surface area contributed by atoms with Gasteiger partial charge in [-0.05, 0) is 0 Å². The van der Waals surface area contributed by atoms with Crippen LogP contribution in [0.15, 0.2) is 34.8 Å². The van der Waals surface area contributed by atoms with Crippen LogP contribution >= 0.6 is 0 Å². The van der Waals surface area contributed by atoms with E-state index >= 15 is 0 Å². The molecule has 1 aromatic rings. The molecule has 1 saturated heterocycles. The lowest BCUT2D eigenvalue weighted by atomic mass is 10.1. The van der Waals surface area contributed by atoms with E-state index in [-0.39, 0.29) is 35.2 Å². The van der Waals surface area contributed by atoms with E-state index in [0.717, 1.165) is 10.8 Å². The third-order valence-corrected chi connectivity index (χ3v) is 3.03. The highest BCUT2D eigenvalue weighted by molar-refractivity contribution is 5.48. The highest BCUT2D eigenvalue weighted by Gasteiger charge is 2.37. The van der Waals surface area contributed by atoms with Crippen molar-refractivity contribution in [2.45, 2.75) is 12.3 Å². The number of hydrogen-bond donors (Lipinski definition) is 2. The zero-order valence-corrected chi connectivity index (χ0v) is 10.7. The molecule has 0 spiro atoms. The summed E-state index contributed by atoms with van der Waals surface area (Å²) < 4.78 is 32.1. The van der Waals surface area contributed by atoms with Crippen LogP contribution in [0.2, 0.25) is 0 Å². The van der Waals surface area contributed by atoms with Gasteiger partial charge in [0.05, 0.1) is 24.8 Å². The Morgan fingerprint density at radius 3 is 2.71 bits per heavy atom. The highest BCUT2D eigenvalue weighted by Crippen LogP contribution is 2.37. The molecule has 0 aromatic carbocycles. The summed E-state index contributed by atoms with van der Waals surface area (Å²) in [5.41, 5.74) is 4.29. The van der Waals surface area contributed by atoms with E-state index in [1.54, 1.807) is 0 Å². The summed E-state index contributed by atoms with van der Waals surface area (Å²) in [5.74, 6) is 2.07. The van der Waals surface area contributed by atoms with Gasteiger partial charge in [0.15, 0.2) is 6.23 Å². The summed E-state index contributed by atoms with van der Waals surface area (Å²) in [7, 11) is 0. The van der Waals surface area contributed by atoms with Gasteiger partial charge in [0.1, 0.15) is 11.9 Å². The van der Waals surface area contributed by atoms with Gasteiger partial charge in [-0.2, -0.15) is 4.98 Å². The van der Waals surface area contributed by atoms with Crippen LogP contribution in [-0.2, 0) is 4.74 Å². The van der Waals surface area contributed by atoms with Gasteiger partial charge in [-0.15, -0.1) is 6.42 Å². The van der Waals surface area contributed by atoms with Crippen molar-refractivity contribution in [2.75, 3.05) is 12.3 Å². The average molecular weight is 295 g/mol. The van der Waals surface area contributed by atoms with Crippen LogP contribution in [-0.4, -0.2) is 27.4 Å². The molecule has 2 atom stereocenters. The molecule has 3 N–H and O–H groups in total. The number of nitrogens with zero attached hydrogens (tertiary/aromatic N) is 2. The third kappa shape index (κ3) is 2.44. The van der Waals surface area contributed by atoms with Gasteiger partial charge in [0.2, 0.25) is 0 Å². The minimum Gasteiger partial charge on any atom is -0.393 e. The minimum absolute atomic E-state index is 0.101. The number of nitrogen functional groups attached to an aromatic ring is 1. The van der Waals surface area contributed by atoms with E-state index < -0.39 is 24.6 Å². The van der Waals surface area contributed by atoms with Crippen molar-refractivity contribution in [3.05, 3.63) is 46.1 Å². The number of halogens is 2. The Balaban J connectivity index is 2.58. The van der Waals surface area contributed by atoms with Crippen molar-refractivity contribution in [3.63, 3.8) is 0 Å². The molecule has 8 heteroatoms. The molecule has 2 heterocycles. The van der Waals surface area contributed by atoms with Crippen molar-refractivity contribution >= 4 is 5.82 Å². The molecule has 6 nitrogen and oxygen atoms in total. The summed E-state index contributed by atoms with van der Waals surface area (Å²) in [6.45, 7) is -0.581. The molecule has 1 aliphatic rings. The lowest BCUT2D eigenvalue weighted by Crippen LogP contribution is -2.29. The van der Waals surface area contributed by atoms with Gasteiger partial charge < -0.3 is 15.6 Å². The molecule has 1 aliphatic heterocycles. The van der Waals surface area contributed by atoms with Crippen LogP contribution in [0.4, 0.5) is 14.6 Å². The molecule has 0 radical (unpaired) electrons. The van der Waals surface area contributed by atoms with Crippen molar-refractivity contribution < 1.29 is 18.6 Å². The molecule has 1 aromatic heterocycles. The number of hydrogen-bond acceptors (Lipinski definition) is 5. The summed E-state index contributed by atoms with van der Waals surface area (Å²) >= 11 is 0. The molecule has 21 heavy (non-hydrogen) atoms. The standard InChI is InChI=1S/C13H11F2N3O3/c1-2-7-5-18(13(20)17-11(7)16)12-9(4-15)8(3-14)10(6-19)21-12/h1,3-5,10,12,19H,6H2,(H2,16,17,20). The molecule has 2 unspecified atom stereocenters. The number of aliphatic hydroxyl groups is 1. The maximum atomic E-state index is 13.0. The van der Waals surface area contributed by atoms with Crippen molar-refractivity contribution in [2.24, 2.45) is 0 Å². The fourth-order valence-corrected chi connectivity index (χ4v) is 2.00. The maximum Gasteiger partial charge on any atom is 0.351 e. The second kappa shape index (κ2) is 5.87. The summed E-state index contributed by atoms with van der Waals surface area (Å²) in [6.07, 6.45) is 4.21. The van der Waals surface area contributed by atoms with Crippen molar-refractivity contribution in [3.8, 4) is 12.3 Å². The second-order valence-corrected chi connectivity index (χ2v) is 4.16. The molecule has 1 fully saturated rings. The Bertz CT molecular complexity index is 718. The van der Waals surface area contributed by atoms with Gasteiger partial charge in [-0.25, -0.2) is 13.6 Å². The van der Waals surface area contributed by atoms with Gasteiger partial charge in [0, 0.05) is 17.3 Å². The number of aromatic nitrogens is 2. The SMILES string of the molecule is C#Cc1cn(C2OC(CO)C(=CF)C2=CF)c(=O)nc1N. The molecule has 2 rings (SSSR count). The lowest BCUT2D eigenvalue weighted by Gasteiger charge is -2.15. The molecular weight excluding hydrogens is 284 g/mol. The normalized spacial score (nSPS) is 25.4. The fraction of sp³-hybridized carbons (Fsp3) is 0.231. The van der Waals surface area contributed by atoms with Crippen molar-refractivity contribution in [1.82, 2.24) is 9.55 Å². The zero-order valence-electron chi connectivity index (χ0n) is 10.7. The van der Waals surface area contributed by atoms with Gasteiger partial charge in [-0.1, -0.05) is 5.92 Å². The van der Waals surface area contributed by atoms with Crippen LogP contribution in [0.3, 0.4) is 0 Å². The molecule has 0 saturated carbocycles. The number of nitrogens with two attached hydrogens (primary N) is 1. The Labute approximate surface area is 118 Å². The van der Waals surface area contributed by atoms with Crippen LogP contribution in [0.5, 0.6) is 0 Å². The highest BCUT2D eigenvalue weighted by atomic mass is 19.1. The molecule has 0 aliphatic carbocycles. The second-order valence-electron chi connectivity index (χ2n) is 4.16. The largest absolute Gasteiger partial charge is 0.393 e. The number of ether oxygens (including phenoxy) is 1. The topological polar surface area (TPSA) is 90.4 Å². The Morgan fingerprint density at radius 2 is 2.19 bits per heavy atom. The summed E-state index contributed by atoms with van der Waals surface area (Å²) in [5, 5.41) is 9.12. The number of anilines is 1. The smallest absolute Gasteiger partial charge is 0.351 e. The number of rotatable bonds is 2. The summed E-state index contributed by atoms with van der Waals surface area (Å²) in [6, 6.07) is 0. The quantitative estimate of drug-likeness (QED) is 0.771. The first kappa shape index (κ1) is 14.9. The van der Waals surface area contributed by atoms with Gasteiger partial charge >= 0.3 is 5.69 Å². The van der Waals surface area contributed by atoms with E-state index in [2.05, 4.69) is 10.9 Å². The van der Waals surface area contributed by atoms with Crippen LogP contribution < -0.4 is 11.4 Å². The van der Waals surface area contributed by atoms with E-state index in [4.69, 9.17) is 22.0 Å². The van der Waals surface area contributed by atoms with Crippen LogP contribution in [0, 0.1) is 12.3 Å². The third-order valence-electron chi connectivity index (χ3n) is 3.03. The first-order valence-electron chi connectivity index (χ1n) is 5.79. The predicted octanol–water partition coefficient (Wildman–Crippen LogP) is 0.403. The molecule has 110 valence electrons. The van der Waals surface area contributed by atoms with Crippen LogP contribution in [0.1, 0.15) is 11.8 Å². The first-order valence-corrected chi connectivity index (χ1v) is 5.79. The van der Waals surface area contributed by atoms with E-state index in [1.165, 1.54) is 0 Å². The van der Waals surface area contributed by atoms with Gasteiger partial charge in [0.25, 0.3) is 0 Å². The van der Waals surface area contributed by atoms with Crippen molar-refractivity contribution in [1.29, 1.82) is 0 Å². The number of aliphatic hydroxyl groups excluding tert-OH is 1. The first-order chi connectivity index (χ1) is 10.1. The summed E-state index contributed by atoms with van der Waals surface area (Å²) in [4.78, 5) is 15.3. The molecule has 0 amide bonds. The predicted molar refractivity (Wildman–Crippen MR) is 70.2 cm³/mol. The zero-order chi connectivity index (χ0) is 15.6. The monoisotopic (exact) mass is 295 g/mol. The fourth-order valence-electron chi connectivity index (χ4n) is 2.00. The van der Waals surface area contributed by atoms with E-state index in [0.29, 0.717) is 0 Å². The number of terminal acetylenes is 1. The Kier molecular flexibility index (Phi) is 4.16. The average Bonchev–Trinajstić information content (AvgIpc) is 2.84. The van der Waals surface area contributed by atoms with Crippen LogP contribution in [0.25, 0.3) is 0 Å². The lowest BCUT2D eigenvalue weighted by molar-refractivity contribution is -0.00861. The minimum atomic E-state index is -1.29. The molecule has 0 bridgehead atoms. The Hall–Kier alpha value is -2.50. The maximum absolute atomic E-state index is 13.0. The Morgan fingerprint density at radius 1 is 1.52 bits per heavy atom. The van der Waals surface area contributed by atoms with Gasteiger partial charge in [-0.3, -0.25) is 4.57 Å². The van der Waals surface area contributed by atoms with E-state index in [1.807, 2.05) is 0 Å².